The topological polar surface area (TPSA) is 101 Å². The van der Waals surface area contributed by atoms with Crippen LogP contribution in [-0.2, 0) is 9.84 Å². The Labute approximate surface area is 114 Å². The number of H-pyrrole nitrogens is 1. The second-order valence-electron chi connectivity index (χ2n) is 4.57. The summed E-state index contributed by atoms with van der Waals surface area (Å²) in [6.45, 7) is 0. The molecule has 2 aromatic heterocycles. The van der Waals surface area contributed by atoms with Gasteiger partial charge >= 0.3 is 0 Å². The number of aromatic nitrogens is 4. The number of nitrogens with zero attached hydrogens (tertiary/aromatic N) is 3. The van der Waals surface area contributed by atoms with Crippen molar-refractivity contribution in [1.82, 2.24) is 20.2 Å². The third-order valence-corrected chi connectivity index (χ3v) is 5.08. The minimum atomic E-state index is -2.96. The minimum absolute atomic E-state index is 0.0953. The maximum atomic E-state index is 11.6. The molecule has 1 unspecified atom stereocenters. The van der Waals surface area contributed by atoms with Gasteiger partial charge in [-0.05, 0) is 24.4 Å². The van der Waals surface area contributed by atoms with Gasteiger partial charge in [0.1, 0.15) is 5.82 Å². The van der Waals surface area contributed by atoms with Crippen LogP contribution in [0.15, 0.2) is 6.20 Å². The van der Waals surface area contributed by atoms with Crippen LogP contribution >= 0.6 is 11.6 Å². The number of nitrogens with one attached hydrogen (secondary N) is 2. The van der Waals surface area contributed by atoms with Crippen LogP contribution in [0.2, 0.25) is 5.28 Å². The molecule has 2 N–H and O–H groups in total. The molecule has 1 aliphatic rings. The molecule has 1 aliphatic heterocycles. The molecule has 0 spiro atoms. The van der Waals surface area contributed by atoms with E-state index < -0.39 is 9.84 Å². The van der Waals surface area contributed by atoms with Gasteiger partial charge in [0.15, 0.2) is 15.5 Å². The zero-order valence-corrected chi connectivity index (χ0v) is 11.5. The summed E-state index contributed by atoms with van der Waals surface area (Å²) in [5.74, 6) is 0.899. The van der Waals surface area contributed by atoms with E-state index in [1.54, 1.807) is 6.20 Å². The van der Waals surface area contributed by atoms with Crippen molar-refractivity contribution in [2.75, 3.05) is 16.8 Å². The van der Waals surface area contributed by atoms with Crippen LogP contribution in [0.25, 0.3) is 11.0 Å². The monoisotopic (exact) mass is 301 g/mol. The van der Waals surface area contributed by atoms with E-state index in [9.17, 15) is 8.42 Å². The lowest BCUT2D eigenvalue weighted by Crippen LogP contribution is -2.35. The van der Waals surface area contributed by atoms with Gasteiger partial charge < -0.3 is 5.32 Å². The highest BCUT2D eigenvalue weighted by molar-refractivity contribution is 7.91. The first-order valence-electron chi connectivity index (χ1n) is 5.87. The standard InChI is InChI=1S/C10H12ClN5O2S/c11-10-14-8(7-4-12-16-9(7)15-10)13-6-2-1-3-19(17,18)5-6/h4,6H,1-3,5H2,(H2,12,13,14,15,16). The first kappa shape index (κ1) is 12.6. The molecule has 0 aliphatic carbocycles. The van der Waals surface area contributed by atoms with E-state index in [0.29, 0.717) is 23.3 Å². The maximum Gasteiger partial charge on any atom is 0.226 e. The summed E-state index contributed by atoms with van der Waals surface area (Å²) < 4.78 is 23.2. The number of sulfone groups is 1. The smallest absolute Gasteiger partial charge is 0.226 e. The molecule has 0 bridgehead atoms. The highest BCUT2D eigenvalue weighted by Crippen LogP contribution is 2.23. The summed E-state index contributed by atoms with van der Waals surface area (Å²) >= 11 is 5.83. The molecule has 7 nitrogen and oxygen atoms in total. The number of aromatic amines is 1. The van der Waals surface area contributed by atoms with E-state index in [2.05, 4.69) is 25.5 Å². The van der Waals surface area contributed by atoms with Gasteiger partial charge in [-0.25, -0.2) is 8.42 Å². The van der Waals surface area contributed by atoms with Gasteiger partial charge in [-0.15, -0.1) is 0 Å². The molecular formula is C10H12ClN5O2S. The van der Waals surface area contributed by atoms with E-state index in [1.807, 2.05) is 0 Å². The Morgan fingerprint density at radius 3 is 3.05 bits per heavy atom. The molecule has 1 saturated heterocycles. The Hall–Kier alpha value is -1.41. The summed E-state index contributed by atoms with van der Waals surface area (Å²) in [6, 6.07) is -0.150. The van der Waals surface area contributed by atoms with Crippen molar-refractivity contribution < 1.29 is 8.42 Å². The van der Waals surface area contributed by atoms with Crippen molar-refractivity contribution >= 4 is 38.3 Å². The molecule has 0 saturated carbocycles. The third-order valence-electron chi connectivity index (χ3n) is 3.09. The lowest BCUT2D eigenvalue weighted by Gasteiger charge is -2.23. The molecule has 9 heteroatoms. The van der Waals surface area contributed by atoms with E-state index in [0.717, 1.165) is 6.42 Å². The fourth-order valence-corrected chi connectivity index (χ4v) is 4.05. The third kappa shape index (κ3) is 2.64. The highest BCUT2D eigenvalue weighted by atomic mass is 35.5. The summed E-state index contributed by atoms with van der Waals surface area (Å²) in [7, 11) is -2.96. The van der Waals surface area contributed by atoms with Crippen LogP contribution in [0, 0.1) is 0 Å². The maximum absolute atomic E-state index is 11.6. The van der Waals surface area contributed by atoms with Crippen LogP contribution in [-0.4, -0.2) is 46.1 Å². The largest absolute Gasteiger partial charge is 0.366 e. The van der Waals surface area contributed by atoms with E-state index in [4.69, 9.17) is 11.6 Å². The zero-order valence-electron chi connectivity index (χ0n) is 9.93. The van der Waals surface area contributed by atoms with Crippen molar-refractivity contribution in [3.05, 3.63) is 11.5 Å². The van der Waals surface area contributed by atoms with E-state index >= 15 is 0 Å². The number of hydrogen-bond donors (Lipinski definition) is 2. The first-order valence-corrected chi connectivity index (χ1v) is 8.07. The average Bonchev–Trinajstić information content (AvgIpc) is 2.75. The fraction of sp³-hybridized carbons (Fsp3) is 0.500. The predicted octanol–water partition coefficient (Wildman–Crippen LogP) is 0.995. The van der Waals surface area contributed by atoms with Crippen LogP contribution < -0.4 is 5.32 Å². The molecule has 0 aromatic carbocycles. The quantitative estimate of drug-likeness (QED) is 0.802. The molecule has 0 amide bonds. The van der Waals surface area contributed by atoms with Crippen molar-refractivity contribution in [2.24, 2.45) is 0 Å². The minimum Gasteiger partial charge on any atom is -0.366 e. The van der Waals surface area contributed by atoms with Crippen molar-refractivity contribution in [3.63, 3.8) is 0 Å². The molecular weight excluding hydrogens is 290 g/mol. The van der Waals surface area contributed by atoms with Crippen molar-refractivity contribution in [1.29, 1.82) is 0 Å². The summed E-state index contributed by atoms with van der Waals surface area (Å²) in [5.41, 5.74) is 0.529. The lowest BCUT2D eigenvalue weighted by molar-refractivity contribution is 0.561. The van der Waals surface area contributed by atoms with Gasteiger partial charge in [0, 0.05) is 6.04 Å². The number of anilines is 1. The average molecular weight is 302 g/mol. The summed E-state index contributed by atoms with van der Waals surface area (Å²) in [5, 5.41) is 10.5. The predicted molar refractivity (Wildman–Crippen MR) is 72.0 cm³/mol. The lowest BCUT2D eigenvalue weighted by atomic mass is 10.2. The molecule has 102 valence electrons. The van der Waals surface area contributed by atoms with Crippen LogP contribution in [0.5, 0.6) is 0 Å². The van der Waals surface area contributed by atoms with Crippen molar-refractivity contribution in [3.8, 4) is 0 Å². The molecule has 1 fully saturated rings. The van der Waals surface area contributed by atoms with Gasteiger partial charge in [0.2, 0.25) is 5.28 Å². The van der Waals surface area contributed by atoms with Gasteiger partial charge in [-0.1, -0.05) is 0 Å². The normalized spacial score (nSPS) is 22.5. The summed E-state index contributed by atoms with van der Waals surface area (Å²) in [4.78, 5) is 8.10. The molecule has 1 atom stereocenters. The van der Waals surface area contributed by atoms with Crippen LogP contribution in [0.1, 0.15) is 12.8 Å². The van der Waals surface area contributed by atoms with E-state index in [-0.39, 0.29) is 22.8 Å². The molecule has 2 aromatic rings. The molecule has 19 heavy (non-hydrogen) atoms. The molecule has 3 heterocycles. The Morgan fingerprint density at radius 2 is 2.26 bits per heavy atom. The second kappa shape index (κ2) is 4.61. The Morgan fingerprint density at radius 1 is 1.42 bits per heavy atom. The number of fused-ring (bicyclic) bond motifs is 1. The SMILES string of the molecule is O=S1(=O)CCCC(Nc2nc(Cl)nc3[nH]ncc23)C1. The van der Waals surface area contributed by atoms with Crippen molar-refractivity contribution in [2.45, 2.75) is 18.9 Å². The summed E-state index contributed by atoms with van der Waals surface area (Å²) in [6.07, 6.45) is 3.04. The highest BCUT2D eigenvalue weighted by Gasteiger charge is 2.25. The molecule has 3 rings (SSSR count). The Bertz CT molecular complexity index is 714. The van der Waals surface area contributed by atoms with E-state index in [1.165, 1.54) is 0 Å². The van der Waals surface area contributed by atoms with Gasteiger partial charge in [0.25, 0.3) is 0 Å². The zero-order chi connectivity index (χ0) is 13.5. The van der Waals surface area contributed by atoms with Gasteiger partial charge in [0.05, 0.1) is 23.1 Å². The first-order chi connectivity index (χ1) is 9.03. The van der Waals surface area contributed by atoms with Gasteiger partial charge in [-0.2, -0.15) is 15.1 Å². The number of rotatable bonds is 2. The second-order valence-corrected chi connectivity index (χ2v) is 7.14. The van der Waals surface area contributed by atoms with Crippen LogP contribution in [0.3, 0.4) is 0 Å². The van der Waals surface area contributed by atoms with Crippen LogP contribution in [0.4, 0.5) is 5.82 Å². The fourth-order valence-electron chi connectivity index (χ4n) is 2.25. The number of halogens is 1. The Kier molecular flexibility index (Phi) is 3.06. The van der Waals surface area contributed by atoms with Gasteiger partial charge in [-0.3, -0.25) is 5.10 Å². The Balaban J connectivity index is 1.91. The molecule has 0 radical (unpaired) electrons. The number of hydrogen-bond acceptors (Lipinski definition) is 6.